The van der Waals surface area contributed by atoms with Crippen molar-refractivity contribution >= 4 is 27.7 Å². The number of hydrogen-bond donors (Lipinski definition) is 0. The Bertz CT molecular complexity index is 427. The normalized spacial score (nSPS) is 10.2. The number of hydrogen-bond acceptors (Lipinski definition) is 4. The zero-order valence-corrected chi connectivity index (χ0v) is 11.7. The predicted octanol–water partition coefficient (Wildman–Crippen LogP) is 3.89. The molecule has 0 saturated heterocycles. The molecule has 17 heavy (non-hydrogen) atoms. The molecule has 0 fully saturated rings. The van der Waals surface area contributed by atoms with E-state index in [4.69, 9.17) is 4.74 Å². The van der Waals surface area contributed by atoms with Gasteiger partial charge in [0.15, 0.2) is 0 Å². The first-order chi connectivity index (χ1) is 8.31. The van der Waals surface area contributed by atoms with Crippen LogP contribution in [0.2, 0.25) is 0 Å². The average molecular weight is 311 g/mol. The number of halogens is 1. The molecule has 3 nitrogen and oxygen atoms in total. The molecule has 0 bridgehead atoms. The van der Waals surface area contributed by atoms with E-state index in [0.717, 1.165) is 16.6 Å². The van der Waals surface area contributed by atoms with Gasteiger partial charge in [-0.1, -0.05) is 15.9 Å². The first-order valence-electron chi connectivity index (χ1n) is 5.00. The van der Waals surface area contributed by atoms with Gasteiger partial charge in [-0.25, -0.2) is 9.97 Å². The van der Waals surface area contributed by atoms with Crippen molar-refractivity contribution < 1.29 is 4.74 Å². The van der Waals surface area contributed by atoms with Crippen molar-refractivity contribution in [1.82, 2.24) is 9.97 Å². The summed E-state index contributed by atoms with van der Waals surface area (Å²) in [4.78, 5) is 9.44. The lowest BCUT2D eigenvalue weighted by atomic mass is 10.3. The Morgan fingerprint density at radius 3 is 2.35 bits per heavy atom. The highest BCUT2D eigenvalue weighted by Crippen LogP contribution is 2.22. The zero-order chi connectivity index (χ0) is 12.1. The molecule has 0 amide bonds. The fourth-order valence-electron chi connectivity index (χ4n) is 1.21. The van der Waals surface area contributed by atoms with Crippen molar-refractivity contribution in [1.29, 1.82) is 0 Å². The van der Waals surface area contributed by atoms with Gasteiger partial charge in [-0.2, -0.15) is 0 Å². The van der Waals surface area contributed by atoms with Gasteiger partial charge in [0.1, 0.15) is 5.75 Å². The van der Waals surface area contributed by atoms with E-state index in [0.29, 0.717) is 6.01 Å². The third-order valence-corrected chi connectivity index (χ3v) is 3.50. The number of rotatable bonds is 4. The Morgan fingerprint density at radius 2 is 1.82 bits per heavy atom. The van der Waals surface area contributed by atoms with Gasteiger partial charge in [-0.15, -0.1) is 11.8 Å². The second-order valence-corrected chi connectivity index (χ2v) is 4.73. The molecule has 0 spiro atoms. The number of aromatic nitrogens is 2. The summed E-state index contributed by atoms with van der Waals surface area (Å²) in [7, 11) is 0. The molecule has 0 unspecified atom stereocenters. The maximum atomic E-state index is 5.53. The lowest BCUT2D eigenvalue weighted by Crippen LogP contribution is -1.92. The van der Waals surface area contributed by atoms with Crippen LogP contribution in [-0.4, -0.2) is 16.2 Å². The summed E-state index contributed by atoms with van der Waals surface area (Å²) >= 11 is 5.04. The van der Waals surface area contributed by atoms with Crippen LogP contribution in [0.3, 0.4) is 0 Å². The van der Waals surface area contributed by atoms with E-state index in [2.05, 4.69) is 25.9 Å². The van der Waals surface area contributed by atoms with Crippen molar-refractivity contribution in [2.75, 3.05) is 6.26 Å². The topological polar surface area (TPSA) is 35.0 Å². The van der Waals surface area contributed by atoms with E-state index in [1.54, 1.807) is 24.2 Å². The standard InChI is InChI=1S/C12H11BrN2OS/c1-17-11-4-2-10(3-5-11)16-12-14-7-9(6-13)8-15-12/h2-5,7-8H,6H2,1H3. The molecule has 0 aliphatic carbocycles. The van der Waals surface area contributed by atoms with E-state index < -0.39 is 0 Å². The van der Waals surface area contributed by atoms with E-state index in [-0.39, 0.29) is 0 Å². The van der Waals surface area contributed by atoms with E-state index in [9.17, 15) is 0 Å². The average Bonchev–Trinajstić information content (AvgIpc) is 2.40. The third-order valence-electron chi connectivity index (χ3n) is 2.10. The minimum Gasteiger partial charge on any atom is -0.424 e. The molecule has 0 radical (unpaired) electrons. The van der Waals surface area contributed by atoms with Gasteiger partial charge >= 0.3 is 6.01 Å². The molecular weight excluding hydrogens is 300 g/mol. The molecule has 0 aliphatic heterocycles. The van der Waals surface area contributed by atoms with E-state index in [1.165, 1.54) is 4.90 Å². The number of alkyl halides is 1. The molecule has 5 heteroatoms. The van der Waals surface area contributed by atoms with Crippen LogP contribution < -0.4 is 4.74 Å². The van der Waals surface area contributed by atoms with Crippen LogP contribution in [0, 0.1) is 0 Å². The van der Waals surface area contributed by atoms with E-state index in [1.807, 2.05) is 30.5 Å². The molecule has 1 heterocycles. The first-order valence-corrected chi connectivity index (χ1v) is 7.35. The first kappa shape index (κ1) is 12.4. The molecule has 1 aromatic carbocycles. The van der Waals surface area contributed by atoms with Gasteiger partial charge in [-0.3, -0.25) is 0 Å². The third kappa shape index (κ3) is 3.44. The molecule has 88 valence electrons. The van der Waals surface area contributed by atoms with Crippen molar-refractivity contribution in [3.63, 3.8) is 0 Å². The lowest BCUT2D eigenvalue weighted by molar-refractivity contribution is 0.441. The maximum Gasteiger partial charge on any atom is 0.321 e. The molecule has 2 aromatic rings. The van der Waals surface area contributed by atoms with Gasteiger partial charge in [0.2, 0.25) is 0 Å². The molecule has 0 saturated carbocycles. The number of benzene rings is 1. The molecule has 2 rings (SSSR count). The van der Waals surface area contributed by atoms with Crippen LogP contribution >= 0.6 is 27.7 Å². The summed E-state index contributed by atoms with van der Waals surface area (Å²) in [6, 6.07) is 8.20. The Labute approximate surface area is 113 Å². The Kier molecular flexibility index (Phi) is 4.39. The van der Waals surface area contributed by atoms with Gasteiger partial charge in [0, 0.05) is 22.6 Å². The van der Waals surface area contributed by atoms with Crippen LogP contribution in [-0.2, 0) is 5.33 Å². The largest absolute Gasteiger partial charge is 0.424 e. The summed E-state index contributed by atoms with van der Waals surface area (Å²) in [5, 5.41) is 0.746. The zero-order valence-electron chi connectivity index (χ0n) is 9.26. The second-order valence-electron chi connectivity index (χ2n) is 3.29. The summed E-state index contributed by atoms with van der Waals surface area (Å²) < 4.78 is 5.53. The number of thioether (sulfide) groups is 1. The van der Waals surface area contributed by atoms with Gasteiger partial charge in [-0.05, 0) is 36.1 Å². The van der Waals surface area contributed by atoms with Crippen LogP contribution in [0.25, 0.3) is 0 Å². The Morgan fingerprint density at radius 1 is 1.18 bits per heavy atom. The van der Waals surface area contributed by atoms with Crippen molar-refractivity contribution in [2.24, 2.45) is 0 Å². The van der Waals surface area contributed by atoms with Gasteiger partial charge in [0.05, 0.1) is 0 Å². The summed E-state index contributed by atoms with van der Waals surface area (Å²) in [6.45, 7) is 0. The summed E-state index contributed by atoms with van der Waals surface area (Å²) in [5.74, 6) is 0.745. The van der Waals surface area contributed by atoms with Crippen LogP contribution in [0.1, 0.15) is 5.56 Å². The minimum atomic E-state index is 0.367. The van der Waals surface area contributed by atoms with Gasteiger partial charge < -0.3 is 4.74 Å². The smallest absolute Gasteiger partial charge is 0.321 e. The monoisotopic (exact) mass is 310 g/mol. The Hall–Kier alpha value is -1.07. The van der Waals surface area contributed by atoms with Crippen molar-refractivity contribution in [2.45, 2.75) is 10.2 Å². The summed E-state index contributed by atoms with van der Waals surface area (Å²) in [5.41, 5.74) is 1.02. The summed E-state index contributed by atoms with van der Waals surface area (Å²) in [6.07, 6.45) is 5.53. The molecule has 0 N–H and O–H groups in total. The lowest BCUT2D eigenvalue weighted by Gasteiger charge is -2.04. The van der Waals surface area contributed by atoms with Crippen LogP contribution in [0.5, 0.6) is 11.8 Å². The van der Waals surface area contributed by atoms with Crippen molar-refractivity contribution in [3.05, 3.63) is 42.2 Å². The number of ether oxygens (including phenoxy) is 1. The molecular formula is C12H11BrN2OS. The number of nitrogens with zero attached hydrogens (tertiary/aromatic N) is 2. The fraction of sp³-hybridized carbons (Fsp3) is 0.167. The second kappa shape index (κ2) is 6.02. The highest BCUT2D eigenvalue weighted by Gasteiger charge is 2.00. The molecule has 0 aliphatic rings. The quantitative estimate of drug-likeness (QED) is 0.634. The highest BCUT2D eigenvalue weighted by atomic mass is 79.9. The van der Waals surface area contributed by atoms with Gasteiger partial charge in [0.25, 0.3) is 0 Å². The molecule has 1 aromatic heterocycles. The van der Waals surface area contributed by atoms with E-state index >= 15 is 0 Å². The predicted molar refractivity (Wildman–Crippen MR) is 73.0 cm³/mol. The van der Waals surface area contributed by atoms with Crippen LogP contribution in [0.4, 0.5) is 0 Å². The SMILES string of the molecule is CSc1ccc(Oc2ncc(CBr)cn2)cc1. The molecule has 0 atom stereocenters. The minimum absolute atomic E-state index is 0.367. The van der Waals surface area contributed by atoms with Crippen LogP contribution in [0.15, 0.2) is 41.6 Å². The Balaban J connectivity index is 2.08. The highest BCUT2D eigenvalue weighted by molar-refractivity contribution is 9.08. The fourth-order valence-corrected chi connectivity index (χ4v) is 1.91. The maximum absolute atomic E-state index is 5.53. The van der Waals surface area contributed by atoms with Crippen molar-refractivity contribution in [3.8, 4) is 11.8 Å².